The van der Waals surface area contributed by atoms with Crippen LogP contribution in [0, 0.1) is 17.1 Å². The van der Waals surface area contributed by atoms with Crippen LogP contribution in [0.5, 0.6) is 5.75 Å². The highest BCUT2D eigenvalue weighted by atomic mass is 19.1. The zero-order valence-electron chi connectivity index (χ0n) is 21.1. The molecule has 1 saturated heterocycles. The van der Waals surface area contributed by atoms with E-state index in [1.807, 2.05) is 24.3 Å². The zero-order valence-corrected chi connectivity index (χ0v) is 21.1. The molecule has 2 aliphatic heterocycles. The molecule has 9 heteroatoms. The summed E-state index contributed by atoms with van der Waals surface area (Å²) in [7, 11) is 0. The molecular weight excluding hydrogens is 483 g/mol. The molecule has 1 atom stereocenters. The van der Waals surface area contributed by atoms with Gasteiger partial charge in [-0.1, -0.05) is 12.1 Å². The number of nitrogens with zero attached hydrogens (tertiary/aromatic N) is 5. The van der Waals surface area contributed by atoms with Crippen LogP contribution in [0.25, 0.3) is 22.3 Å². The highest BCUT2D eigenvalue weighted by Crippen LogP contribution is 2.38. The number of fused-ring (bicyclic) bond motifs is 1. The fourth-order valence-electron chi connectivity index (χ4n) is 5.08. The molecule has 0 unspecified atom stereocenters. The minimum Gasteiger partial charge on any atom is -0.489 e. The molecule has 0 amide bonds. The number of nitriles is 1. The second-order valence-electron chi connectivity index (χ2n) is 10.5. The summed E-state index contributed by atoms with van der Waals surface area (Å²) in [5.41, 5.74) is 2.96. The Morgan fingerprint density at radius 2 is 2.03 bits per heavy atom. The normalized spacial score (nSPS) is 18.7. The van der Waals surface area contributed by atoms with E-state index < -0.39 is 5.60 Å². The van der Waals surface area contributed by atoms with E-state index in [1.54, 1.807) is 42.9 Å². The van der Waals surface area contributed by atoms with Crippen molar-refractivity contribution in [1.29, 1.82) is 5.26 Å². The molecule has 1 aromatic carbocycles. The van der Waals surface area contributed by atoms with Crippen molar-refractivity contribution >= 4 is 17.0 Å². The molecule has 3 aromatic heterocycles. The molecule has 6 rings (SSSR count). The molecule has 0 aliphatic carbocycles. The van der Waals surface area contributed by atoms with Gasteiger partial charge < -0.3 is 20.1 Å². The van der Waals surface area contributed by atoms with Crippen molar-refractivity contribution in [1.82, 2.24) is 19.9 Å². The van der Waals surface area contributed by atoms with Gasteiger partial charge in [0.15, 0.2) is 0 Å². The lowest BCUT2D eigenvalue weighted by Crippen LogP contribution is -2.52. The van der Waals surface area contributed by atoms with Gasteiger partial charge in [0, 0.05) is 41.7 Å². The number of aliphatic hydroxyl groups is 1. The maximum Gasteiger partial charge on any atom is 0.138 e. The zero-order chi connectivity index (χ0) is 26.5. The van der Waals surface area contributed by atoms with E-state index in [2.05, 4.69) is 27.5 Å². The van der Waals surface area contributed by atoms with Crippen molar-refractivity contribution in [3.05, 3.63) is 84.1 Å². The third-order valence-electron chi connectivity index (χ3n) is 6.95. The van der Waals surface area contributed by atoms with Crippen LogP contribution in [0.3, 0.4) is 0 Å². The second kappa shape index (κ2) is 8.85. The van der Waals surface area contributed by atoms with Gasteiger partial charge in [0.25, 0.3) is 0 Å². The van der Waals surface area contributed by atoms with Crippen LogP contribution < -0.4 is 15.0 Å². The van der Waals surface area contributed by atoms with Gasteiger partial charge in [0.1, 0.15) is 30.1 Å². The van der Waals surface area contributed by atoms with Crippen molar-refractivity contribution < 1.29 is 14.2 Å². The maximum absolute atomic E-state index is 14.2. The topological polar surface area (TPSA) is 98.7 Å². The fraction of sp³-hybridized carbons (Fsp3) is 0.276. The Balaban J connectivity index is 1.25. The van der Waals surface area contributed by atoms with E-state index in [-0.39, 0.29) is 18.0 Å². The first kappa shape index (κ1) is 23.9. The summed E-state index contributed by atoms with van der Waals surface area (Å²) in [6.45, 7) is 5.03. The summed E-state index contributed by atoms with van der Waals surface area (Å²) >= 11 is 0. The minimum absolute atomic E-state index is 0.110. The Morgan fingerprint density at radius 3 is 2.74 bits per heavy atom. The molecular formula is C29H27FN6O2. The average molecular weight is 511 g/mol. The van der Waals surface area contributed by atoms with Crippen LogP contribution in [0.1, 0.15) is 31.4 Å². The Kier molecular flexibility index (Phi) is 5.58. The summed E-state index contributed by atoms with van der Waals surface area (Å²) < 4.78 is 21.6. The van der Waals surface area contributed by atoms with Crippen molar-refractivity contribution in [3.8, 4) is 22.9 Å². The first-order valence-electron chi connectivity index (χ1n) is 12.5. The van der Waals surface area contributed by atoms with E-state index in [4.69, 9.17) is 9.72 Å². The number of ether oxygens (including phenoxy) is 1. The molecule has 0 radical (unpaired) electrons. The Labute approximate surface area is 219 Å². The third kappa shape index (κ3) is 4.33. The van der Waals surface area contributed by atoms with Crippen molar-refractivity contribution in [2.75, 3.05) is 24.6 Å². The minimum atomic E-state index is -0.992. The first-order chi connectivity index (χ1) is 18.2. The molecule has 8 nitrogen and oxygen atoms in total. The van der Waals surface area contributed by atoms with E-state index >= 15 is 0 Å². The maximum atomic E-state index is 14.2. The van der Waals surface area contributed by atoms with Crippen molar-refractivity contribution in [2.24, 2.45) is 0 Å². The molecule has 38 heavy (non-hydrogen) atoms. The Hall–Kier alpha value is -4.42. The van der Waals surface area contributed by atoms with Gasteiger partial charge in [0.05, 0.1) is 34.6 Å². The smallest absolute Gasteiger partial charge is 0.138 e. The molecule has 192 valence electrons. The van der Waals surface area contributed by atoms with E-state index in [0.717, 1.165) is 42.2 Å². The number of benzene rings is 1. The number of pyridine rings is 2. The molecule has 2 N–H and O–H groups in total. The number of aromatic nitrogens is 3. The van der Waals surface area contributed by atoms with E-state index in [9.17, 15) is 14.8 Å². The van der Waals surface area contributed by atoms with Crippen LogP contribution in [0.15, 0.2) is 67.1 Å². The quantitative estimate of drug-likeness (QED) is 0.402. The lowest BCUT2D eigenvalue weighted by Gasteiger charge is -2.39. The van der Waals surface area contributed by atoms with Crippen LogP contribution >= 0.6 is 0 Å². The molecule has 1 spiro atoms. The van der Waals surface area contributed by atoms with Crippen LogP contribution in [0.4, 0.5) is 10.2 Å². The number of hydrogen-bond donors (Lipinski definition) is 2. The predicted octanol–water partition coefficient (Wildman–Crippen LogP) is 4.15. The number of hydrogen-bond acceptors (Lipinski definition) is 7. The largest absolute Gasteiger partial charge is 0.489 e. The van der Waals surface area contributed by atoms with E-state index in [0.29, 0.717) is 22.4 Å². The van der Waals surface area contributed by atoms with Gasteiger partial charge in [0.2, 0.25) is 0 Å². The first-order valence-corrected chi connectivity index (χ1v) is 12.5. The number of halogens is 1. The molecule has 0 saturated carbocycles. The average Bonchev–Trinajstić information content (AvgIpc) is 3.51. The summed E-state index contributed by atoms with van der Waals surface area (Å²) in [6, 6.07) is 14.8. The van der Waals surface area contributed by atoms with Crippen LogP contribution in [0.2, 0.25) is 0 Å². The molecule has 4 aromatic rings. The lowest BCUT2D eigenvalue weighted by atomic mass is 9.87. The van der Waals surface area contributed by atoms with Crippen molar-refractivity contribution in [2.45, 2.75) is 31.4 Å². The number of anilines is 1. The summed E-state index contributed by atoms with van der Waals surface area (Å²) in [4.78, 5) is 6.95. The molecule has 0 bridgehead atoms. The highest BCUT2D eigenvalue weighted by molar-refractivity contribution is 5.85. The number of nitrogens with one attached hydrogen (secondary N) is 1. The van der Waals surface area contributed by atoms with Crippen LogP contribution in [-0.2, 0) is 0 Å². The van der Waals surface area contributed by atoms with E-state index in [1.165, 1.54) is 12.3 Å². The van der Waals surface area contributed by atoms with Gasteiger partial charge in [-0.3, -0.25) is 0 Å². The van der Waals surface area contributed by atoms with Crippen molar-refractivity contribution in [3.63, 3.8) is 0 Å². The Morgan fingerprint density at radius 1 is 1.21 bits per heavy atom. The molecule has 1 fully saturated rings. The number of rotatable bonds is 6. The van der Waals surface area contributed by atoms with Gasteiger partial charge in [-0.05, 0) is 56.7 Å². The highest BCUT2D eigenvalue weighted by Gasteiger charge is 2.43. The second-order valence-corrected chi connectivity index (χ2v) is 10.5. The Bertz CT molecular complexity index is 1600. The molecule has 5 heterocycles. The monoisotopic (exact) mass is 510 g/mol. The van der Waals surface area contributed by atoms with Gasteiger partial charge in [-0.15, -0.1) is 0 Å². The summed E-state index contributed by atoms with van der Waals surface area (Å²) in [5, 5.41) is 27.5. The van der Waals surface area contributed by atoms with Gasteiger partial charge in [-0.2, -0.15) is 10.4 Å². The predicted molar refractivity (Wildman–Crippen MR) is 142 cm³/mol. The molecule has 2 aliphatic rings. The van der Waals surface area contributed by atoms with Gasteiger partial charge in [-0.25, -0.2) is 13.9 Å². The van der Waals surface area contributed by atoms with Gasteiger partial charge >= 0.3 is 0 Å². The van der Waals surface area contributed by atoms with Crippen LogP contribution in [-0.4, -0.2) is 50.5 Å². The standard InChI is InChI=1S/C29H27FN6O2/c1-28(2,37)18-38-21-11-23(27-20(13-31)15-33-36(27)16-21)19-7-8-26(32-14-19)35-10-9-29(17-35)12-25(34-29)22-5-3-4-6-24(22)30/h3-8,11-12,14-16,34,37H,9-10,17-18H2,1-2H3/t29-/m1/s1. The third-order valence-corrected chi connectivity index (χ3v) is 6.95. The fourth-order valence-corrected chi connectivity index (χ4v) is 5.08. The summed E-state index contributed by atoms with van der Waals surface area (Å²) in [5.74, 6) is 1.15. The lowest BCUT2D eigenvalue weighted by molar-refractivity contribution is 0.0283. The SMILES string of the molecule is CC(C)(O)COc1cc(-c2ccc(N3CC[C@@]4(C=C(c5ccccc5F)N4)C3)nc2)c2c(C#N)cnn2c1. The summed E-state index contributed by atoms with van der Waals surface area (Å²) in [6.07, 6.45) is 8.04.